The molecule has 13 heteroatoms. The van der Waals surface area contributed by atoms with Gasteiger partial charge in [-0.15, -0.1) is 0 Å². The Morgan fingerprint density at radius 1 is 1.06 bits per heavy atom. The lowest BCUT2D eigenvalue weighted by atomic mass is 10.2. The minimum atomic E-state index is -4.00. The molecule has 0 saturated carbocycles. The van der Waals surface area contributed by atoms with Crippen LogP contribution in [0.3, 0.4) is 0 Å². The average molecular weight is 516 g/mol. The van der Waals surface area contributed by atoms with Crippen LogP contribution in [0.4, 0.5) is 5.69 Å². The number of primary amides is 1. The summed E-state index contributed by atoms with van der Waals surface area (Å²) in [5.74, 6) is -2.28. The van der Waals surface area contributed by atoms with Crippen molar-refractivity contribution in [3.8, 4) is 0 Å². The number of halogens is 2. The quantitative estimate of drug-likeness (QED) is 0.535. The number of hydrogen-bond donors (Lipinski definition) is 2. The summed E-state index contributed by atoms with van der Waals surface area (Å²) in [5.41, 5.74) is 5.51. The van der Waals surface area contributed by atoms with E-state index >= 15 is 0 Å². The van der Waals surface area contributed by atoms with Crippen LogP contribution in [-0.2, 0) is 24.3 Å². The van der Waals surface area contributed by atoms with Crippen molar-refractivity contribution >= 4 is 56.7 Å². The Morgan fingerprint density at radius 3 is 2.30 bits per heavy atom. The van der Waals surface area contributed by atoms with Crippen molar-refractivity contribution in [1.82, 2.24) is 4.31 Å². The van der Waals surface area contributed by atoms with Gasteiger partial charge < -0.3 is 20.5 Å². The van der Waals surface area contributed by atoms with Gasteiger partial charge in [0.15, 0.2) is 6.61 Å². The Morgan fingerprint density at radius 2 is 1.70 bits per heavy atom. The normalized spacial score (nSPS) is 14.5. The number of ether oxygens (including phenoxy) is 2. The molecule has 0 bridgehead atoms. The fraction of sp³-hybridized carbons (Fsp3) is 0.250. The average Bonchev–Trinajstić information content (AvgIpc) is 2.78. The lowest BCUT2D eigenvalue weighted by Gasteiger charge is -2.26. The van der Waals surface area contributed by atoms with Gasteiger partial charge in [0.25, 0.3) is 5.91 Å². The maximum absolute atomic E-state index is 12.9. The molecule has 10 nitrogen and oxygen atoms in total. The van der Waals surface area contributed by atoms with Crippen LogP contribution in [0.1, 0.15) is 20.7 Å². The second-order valence-electron chi connectivity index (χ2n) is 6.84. The highest BCUT2D eigenvalue weighted by Crippen LogP contribution is 2.31. The number of esters is 1. The van der Waals surface area contributed by atoms with Gasteiger partial charge in [0.2, 0.25) is 15.9 Å². The third-order valence-electron chi connectivity index (χ3n) is 4.62. The van der Waals surface area contributed by atoms with Gasteiger partial charge in [-0.05, 0) is 36.4 Å². The minimum absolute atomic E-state index is 0.131. The van der Waals surface area contributed by atoms with E-state index in [2.05, 4.69) is 5.32 Å². The topological polar surface area (TPSA) is 145 Å². The Balaban J connectivity index is 1.69. The molecule has 0 spiro atoms. The maximum atomic E-state index is 12.9. The van der Waals surface area contributed by atoms with Crippen molar-refractivity contribution in [2.75, 3.05) is 38.2 Å². The molecule has 1 heterocycles. The van der Waals surface area contributed by atoms with E-state index in [0.717, 1.165) is 12.1 Å². The molecule has 2 aromatic carbocycles. The first-order valence-corrected chi connectivity index (χ1v) is 11.7. The molecule has 176 valence electrons. The number of carbonyl (C=O) groups is 3. The van der Waals surface area contributed by atoms with Crippen molar-refractivity contribution in [3.05, 3.63) is 57.6 Å². The number of morpholine rings is 1. The zero-order chi connectivity index (χ0) is 24.2. The van der Waals surface area contributed by atoms with Crippen molar-refractivity contribution < 1.29 is 32.3 Å². The van der Waals surface area contributed by atoms with E-state index in [4.69, 9.17) is 38.4 Å². The molecular formula is C20H19Cl2N3O7S. The van der Waals surface area contributed by atoms with E-state index in [9.17, 15) is 22.8 Å². The number of benzene rings is 2. The zero-order valence-corrected chi connectivity index (χ0v) is 19.4. The standard InChI is InChI=1S/C20H19Cl2N3O7S/c21-15-10-16(22)17(33(29,30)25-5-7-31-8-6-25)9-14(15)20(28)32-11-18(26)24-13-3-1-12(2-4-13)19(23)27/h1-4,9-10H,5-8,11H2,(H2,23,27)(H,24,26). The molecule has 2 amide bonds. The van der Waals surface area contributed by atoms with Crippen LogP contribution in [0.2, 0.25) is 10.0 Å². The Hall–Kier alpha value is -2.70. The summed E-state index contributed by atoms with van der Waals surface area (Å²) < 4.78 is 37.2. The van der Waals surface area contributed by atoms with Gasteiger partial charge in [-0.25, -0.2) is 13.2 Å². The van der Waals surface area contributed by atoms with Crippen molar-refractivity contribution in [2.45, 2.75) is 4.90 Å². The Kier molecular flexibility index (Phi) is 7.92. The molecule has 2 aromatic rings. The molecule has 3 N–H and O–H groups in total. The number of sulfonamides is 1. The van der Waals surface area contributed by atoms with Crippen LogP contribution >= 0.6 is 23.2 Å². The lowest BCUT2D eigenvalue weighted by Crippen LogP contribution is -2.40. The fourth-order valence-electron chi connectivity index (χ4n) is 2.93. The van der Waals surface area contributed by atoms with E-state index in [0.29, 0.717) is 5.69 Å². The minimum Gasteiger partial charge on any atom is -0.452 e. The first-order chi connectivity index (χ1) is 15.6. The third kappa shape index (κ3) is 6.01. The van der Waals surface area contributed by atoms with Crippen LogP contribution in [0.15, 0.2) is 41.3 Å². The van der Waals surface area contributed by atoms with Crippen LogP contribution in [0.25, 0.3) is 0 Å². The highest BCUT2D eigenvalue weighted by atomic mass is 35.5. The van der Waals surface area contributed by atoms with Crippen molar-refractivity contribution in [2.24, 2.45) is 5.73 Å². The monoisotopic (exact) mass is 515 g/mol. The van der Waals surface area contributed by atoms with Crippen LogP contribution < -0.4 is 11.1 Å². The summed E-state index contributed by atoms with van der Waals surface area (Å²) in [7, 11) is -4.00. The van der Waals surface area contributed by atoms with Gasteiger partial charge in [0.05, 0.1) is 28.8 Å². The highest BCUT2D eigenvalue weighted by Gasteiger charge is 2.30. The molecule has 0 aliphatic carbocycles. The summed E-state index contributed by atoms with van der Waals surface area (Å²) in [5, 5.41) is 2.20. The molecule has 33 heavy (non-hydrogen) atoms. The summed E-state index contributed by atoms with van der Waals surface area (Å²) in [4.78, 5) is 35.4. The Labute approximate surface area is 199 Å². The number of amides is 2. The van der Waals surface area contributed by atoms with E-state index in [1.807, 2.05) is 0 Å². The summed E-state index contributed by atoms with van der Waals surface area (Å²) >= 11 is 12.2. The van der Waals surface area contributed by atoms with Gasteiger partial charge in [-0.2, -0.15) is 4.31 Å². The fourth-order valence-corrected chi connectivity index (χ4v) is 5.17. The summed E-state index contributed by atoms with van der Waals surface area (Å²) in [6.07, 6.45) is 0. The van der Waals surface area contributed by atoms with Crippen LogP contribution in [0, 0.1) is 0 Å². The zero-order valence-electron chi connectivity index (χ0n) is 17.0. The SMILES string of the molecule is NC(=O)c1ccc(NC(=O)COC(=O)c2cc(S(=O)(=O)N3CCOCC3)c(Cl)cc2Cl)cc1. The van der Waals surface area contributed by atoms with Gasteiger partial charge in [-0.1, -0.05) is 23.2 Å². The number of nitrogens with zero attached hydrogens (tertiary/aromatic N) is 1. The van der Waals surface area contributed by atoms with E-state index < -0.39 is 34.4 Å². The Bertz CT molecular complexity index is 1180. The summed E-state index contributed by atoms with van der Waals surface area (Å²) in [6.45, 7) is 0.0869. The van der Waals surface area contributed by atoms with Gasteiger partial charge in [0.1, 0.15) is 4.90 Å². The van der Waals surface area contributed by atoms with Crippen molar-refractivity contribution in [3.63, 3.8) is 0 Å². The second kappa shape index (κ2) is 10.5. The molecule has 1 aliphatic heterocycles. The van der Waals surface area contributed by atoms with Crippen molar-refractivity contribution in [1.29, 1.82) is 0 Å². The van der Waals surface area contributed by atoms with E-state index in [1.165, 1.54) is 28.6 Å². The molecule has 1 aliphatic rings. The highest BCUT2D eigenvalue weighted by molar-refractivity contribution is 7.89. The van der Waals surface area contributed by atoms with Crippen LogP contribution in [0.5, 0.6) is 0 Å². The van der Waals surface area contributed by atoms with Crippen LogP contribution in [-0.4, -0.2) is 63.4 Å². The van der Waals surface area contributed by atoms with Gasteiger partial charge in [-0.3, -0.25) is 9.59 Å². The molecule has 0 aromatic heterocycles. The third-order valence-corrected chi connectivity index (χ3v) is 7.29. The second-order valence-corrected chi connectivity index (χ2v) is 9.57. The molecule has 1 fully saturated rings. The summed E-state index contributed by atoms with van der Waals surface area (Å²) in [6, 6.07) is 7.92. The van der Waals surface area contributed by atoms with E-state index in [-0.39, 0.29) is 52.4 Å². The predicted octanol–water partition coefficient (Wildman–Crippen LogP) is 1.91. The molecular weight excluding hydrogens is 497 g/mol. The number of hydrogen-bond acceptors (Lipinski definition) is 7. The number of rotatable bonds is 7. The smallest absolute Gasteiger partial charge is 0.340 e. The van der Waals surface area contributed by atoms with Gasteiger partial charge in [0, 0.05) is 24.3 Å². The number of nitrogens with one attached hydrogen (secondary N) is 1. The molecule has 0 radical (unpaired) electrons. The number of carbonyl (C=O) groups excluding carboxylic acids is 3. The number of anilines is 1. The number of nitrogens with two attached hydrogens (primary N) is 1. The molecule has 3 rings (SSSR count). The maximum Gasteiger partial charge on any atom is 0.340 e. The lowest BCUT2D eigenvalue weighted by molar-refractivity contribution is -0.119. The molecule has 0 unspecified atom stereocenters. The van der Waals surface area contributed by atoms with E-state index in [1.54, 1.807) is 0 Å². The molecule has 0 atom stereocenters. The first kappa shape index (κ1) is 24.9. The largest absolute Gasteiger partial charge is 0.452 e. The molecule has 1 saturated heterocycles. The predicted molar refractivity (Wildman–Crippen MR) is 120 cm³/mol. The first-order valence-electron chi connectivity index (χ1n) is 9.53. The van der Waals surface area contributed by atoms with Gasteiger partial charge >= 0.3 is 5.97 Å².